The molecule has 0 spiro atoms. The summed E-state index contributed by atoms with van der Waals surface area (Å²) in [6.07, 6.45) is 2.00. The lowest BCUT2D eigenvalue weighted by molar-refractivity contribution is -0.230. The number of fused-ring (bicyclic) bond motifs is 1. The van der Waals surface area contributed by atoms with Gasteiger partial charge in [-0.15, -0.1) is 0 Å². The third-order valence-corrected chi connectivity index (χ3v) is 4.64. The average Bonchev–Trinajstić information content (AvgIpc) is 2.37. The minimum Gasteiger partial charge on any atom is -0.377 e. The molecular formula is C14H26N2O3. The van der Waals surface area contributed by atoms with Gasteiger partial charge in [0, 0.05) is 17.9 Å². The van der Waals surface area contributed by atoms with E-state index in [4.69, 9.17) is 15.3 Å². The molecule has 0 aromatic rings. The summed E-state index contributed by atoms with van der Waals surface area (Å²) in [7, 11) is 0. The number of carbonyl (C=O) groups is 1. The van der Waals surface area contributed by atoms with Crippen LogP contribution < -0.4 is 11.2 Å². The molecule has 3 N–H and O–H groups in total. The normalized spacial score (nSPS) is 36.5. The first-order valence-corrected chi connectivity index (χ1v) is 7.14. The van der Waals surface area contributed by atoms with Gasteiger partial charge in [-0.2, -0.15) is 0 Å². The van der Waals surface area contributed by atoms with Gasteiger partial charge in [0.05, 0.1) is 12.7 Å². The van der Waals surface area contributed by atoms with Crippen LogP contribution in [-0.2, 0) is 14.4 Å². The highest BCUT2D eigenvalue weighted by molar-refractivity contribution is 5.88. The smallest absolute Gasteiger partial charge is 0.264 e. The zero-order chi connectivity index (χ0) is 14.3. The highest BCUT2D eigenvalue weighted by Crippen LogP contribution is 2.57. The van der Waals surface area contributed by atoms with E-state index in [1.54, 1.807) is 0 Å². The zero-order valence-electron chi connectivity index (χ0n) is 12.4. The molecular weight excluding hydrogens is 244 g/mol. The largest absolute Gasteiger partial charge is 0.377 e. The fourth-order valence-corrected chi connectivity index (χ4v) is 3.40. The second-order valence-corrected chi connectivity index (χ2v) is 6.77. The van der Waals surface area contributed by atoms with E-state index in [2.05, 4.69) is 5.48 Å². The van der Waals surface area contributed by atoms with Gasteiger partial charge in [-0.25, -0.2) is 5.48 Å². The molecule has 2 aliphatic rings. The van der Waals surface area contributed by atoms with Crippen molar-refractivity contribution in [3.8, 4) is 0 Å². The van der Waals surface area contributed by atoms with Gasteiger partial charge in [-0.1, -0.05) is 27.7 Å². The van der Waals surface area contributed by atoms with Crippen LogP contribution in [0.4, 0.5) is 0 Å². The summed E-state index contributed by atoms with van der Waals surface area (Å²) in [5.74, 6) is 0.248. The molecule has 1 aliphatic heterocycles. The Morgan fingerprint density at radius 2 is 2.21 bits per heavy atom. The lowest BCUT2D eigenvalue weighted by Gasteiger charge is -2.64. The van der Waals surface area contributed by atoms with Crippen LogP contribution in [0.5, 0.6) is 0 Å². The van der Waals surface area contributed by atoms with Crippen molar-refractivity contribution in [2.45, 2.75) is 52.2 Å². The summed E-state index contributed by atoms with van der Waals surface area (Å²) in [5, 5.41) is 0. The zero-order valence-corrected chi connectivity index (χ0v) is 12.4. The Balaban J connectivity index is 2.02. The lowest BCUT2D eigenvalue weighted by Crippen LogP contribution is -2.82. The van der Waals surface area contributed by atoms with Crippen molar-refractivity contribution < 1.29 is 14.4 Å². The number of carbonyl (C=O) groups excluding carboxylic acids is 1. The SMILES string of the molecule is CC(C)CONC(=O)C1(N)C2CCCOC2C1(C)C. The highest BCUT2D eigenvalue weighted by Gasteiger charge is 2.70. The molecule has 1 saturated heterocycles. The van der Waals surface area contributed by atoms with Crippen LogP contribution in [0.2, 0.25) is 0 Å². The molecule has 19 heavy (non-hydrogen) atoms. The van der Waals surface area contributed by atoms with E-state index in [1.807, 2.05) is 27.7 Å². The van der Waals surface area contributed by atoms with E-state index in [0.717, 1.165) is 19.4 Å². The van der Waals surface area contributed by atoms with Crippen molar-refractivity contribution in [2.75, 3.05) is 13.2 Å². The van der Waals surface area contributed by atoms with Gasteiger partial charge in [-0.3, -0.25) is 9.63 Å². The van der Waals surface area contributed by atoms with Gasteiger partial charge in [0.1, 0.15) is 5.54 Å². The summed E-state index contributed by atoms with van der Waals surface area (Å²) in [6, 6.07) is 0. The molecule has 2 rings (SSSR count). The van der Waals surface area contributed by atoms with Gasteiger partial charge >= 0.3 is 0 Å². The second-order valence-electron chi connectivity index (χ2n) is 6.77. The van der Waals surface area contributed by atoms with Crippen LogP contribution in [0, 0.1) is 17.3 Å². The summed E-state index contributed by atoms with van der Waals surface area (Å²) in [4.78, 5) is 17.6. The molecule has 3 unspecified atom stereocenters. The van der Waals surface area contributed by atoms with E-state index in [-0.39, 0.29) is 23.3 Å². The Kier molecular flexibility index (Phi) is 3.91. The van der Waals surface area contributed by atoms with Crippen molar-refractivity contribution in [1.82, 2.24) is 5.48 Å². The molecule has 1 saturated carbocycles. The molecule has 5 nitrogen and oxygen atoms in total. The van der Waals surface area contributed by atoms with Crippen LogP contribution in [0.25, 0.3) is 0 Å². The van der Waals surface area contributed by atoms with Gasteiger partial charge in [0.25, 0.3) is 5.91 Å². The molecule has 0 aromatic carbocycles. The van der Waals surface area contributed by atoms with Crippen molar-refractivity contribution in [1.29, 1.82) is 0 Å². The maximum Gasteiger partial charge on any atom is 0.264 e. The molecule has 3 atom stereocenters. The van der Waals surface area contributed by atoms with Crippen molar-refractivity contribution in [2.24, 2.45) is 23.0 Å². The monoisotopic (exact) mass is 270 g/mol. The molecule has 0 aromatic heterocycles. The maximum atomic E-state index is 12.4. The number of hydrogen-bond donors (Lipinski definition) is 2. The molecule has 5 heteroatoms. The van der Waals surface area contributed by atoms with Crippen LogP contribution >= 0.6 is 0 Å². The molecule has 0 radical (unpaired) electrons. The number of hydrogen-bond acceptors (Lipinski definition) is 4. The Morgan fingerprint density at radius 3 is 2.84 bits per heavy atom. The molecule has 0 bridgehead atoms. The van der Waals surface area contributed by atoms with Crippen LogP contribution in [0.1, 0.15) is 40.5 Å². The van der Waals surface area contributed by atoms with Gasteiger partial charge in [0.2, 0.25) is 0 Å². The number of amides is 1. The minimum absolute atomic E-state index is 0.0853. The first-order valence-electron chi connectivity index (χ1n) is 7.14. The Bertz CT molecular complexity index is 357. The third-order valence-electron chi connectivity index (χ3n) is 4.64. The quantitative estimate of drug-likeness (QED) is 0.753. The van der Waals surface area contributed by atoms with Gasteiger partial charge < -0.3 is 10.5 Å². The summed E-state index contributed by atoms with van der Waals surface area (Å²) in [6.45, 7) is 9.33. The summed E-state index contributed by atoms with van der Waals surface area (Å²) >= 11 is 0. The predicted octanol–water partition coefficient (Wildman–Crippen LogP) is 1.22. The van der Waals surface area contributed by atoms with Crippen LogP contribution in [0.15, 0.2) is 0 Å². The Labute approximate surface area is 115 Å². The lowest BCUT2D eigenvalue weighted by atomic mass is 9.46. The van der Waals surface area contributed by atoms with E-state index in [9.17, 15) is 4.79 Å². The van der Waals surface area contributed by atoms with E-state index in [1.165, 1.54) is 0 Å². The molecule has 1 amide bonds. The minimum atomic E-state index is -0.894. The fourth-order valence-electron chi connectivity index (χ4n) is 3.40. The second kappa shape index (κ2) is 5.04. The van der Waals surface area contributed by atoms with E-state index < -0.39 is 5.54 Å². The first kappa shape index (κ1) is 14.8. The first-order chi connectivity index (χ1) is 8.81. The predicted molar refractivity (Wildman–Crippen MR) is 72.1 cm³/mol. The van der Waals surface area contributed by atoms with Crippen molar-refractivity contribution in [3.05, 3.63) is 0 Å². The summed E-state index contributed by atoms with van der Waals surface area (Å²) < 4.78 is 5.78. The van der Waals surface area contributed by atoms with Crippen LogP contribution in [-0.4, -0.2) is 30.8 Å². The number of nitrogens with two attached hydrogens (primary N) is 1. The van der Waals surface area contributed by atoms with Crippen molar-refractivity contribution in [3.63, 3.8) is 0 Å². The number of nitrogens with one attached hydrogen (secondary N) is 1. The fraction of sp³-hybridized carbons (Fsp3) is 0.929. The molecule has 1 heterocycles. The highest BCUT2D eigenvalue weighted by atomic mass is 16.7. The summed E-state index contributed by atoms with van der Waals surface area (Å²) in [5.41, 5.74) is 7.70. The Hall–Kier alpha value is -0.650. The van der Waals surface area contributed by atoms with Crippen molar-refractivity contribution >= 4 is 5.91 Å². The standard InChI is InChI=1S/C14H26N2O3/c1-9(2)8-19-16-12(17)14(15)10-6-5-7-18-11(10)13(14,3)4/h9-11H,5-8,15H2,1-4H3,(H,16,17). The average molecular weight is 270 g/mol. The van der Waals surface area contributed by atoms with Crippen LogP contribution in [0.3, 0.4) is 0 Å². The number of ether oxygens (including phenoxy) is 1. The maximum absolute atomic E-state index is 12.4. The van der Waals surface area contributed by atoms with Gasteiger partial charge in [-0.05, 0) is 18.8 Å². The van der Waals surface area contributed by atoms with E-state index >= 15 is 0 Å². The topological polar surface area (TPSA) is 73.6 Å². The van der Waals surface area contributed by atoms with Gasteiger partial charge in [0.15, 0.2) is 0 Å². The molecule has 2 fully saturated rings. The molecule has 110 valence electrons. The number of hydroxylamine groups is 1. The van der Waals surface area contributed by atoms with E-state index in [0.29, 0.717) is 12.5 Å². The number of rotatable bonds is 4. The Morgan fingerprint density at radius 1 is 1.53 bits per heavy atom. The third kappa shape index (κ3) is 2.18. The molecule has 1 aliphatic carbocycles.